The molecule has 1 unspecified atom stereocenters. The zero-order valence-corrected chi connectivity index (χ0v) is 21.3. The Kier molecular flexibility index (Phi) is 7.70. The van der Waals surface area contributed by atoms with Gasteiger partial charge in [-0.3, -0.25) is 9.47 Å². The first-order chi connectivity index (χ1) is 18.1. The molecule has 0 spiro atoms. The zero-order chi connectivity index (χ0) is 25.6. The number of benzene rings is 3. The standard InChI is InChI=1S/C30H34N4O3/c1-2-28(33(21-23-11-5-3-6-12-23)22-24-13-7-4-8-14-24)37-30(36)32-19-17-25(18-20-32)34-27-16-10-9-15-26(27)31-29(34)35/h3-16,25,28H,2,17-22H2,1H3,(H,31,35). The van der Waals surface area contributed by atoms with Crippen LogP contribution in [0.5, 0.6) is 0 Å². The van der Waals surface area contributed by atoms with Crippen molar-refractivity contribution in [2.24, 2.45) is 0 Å². The zero-order valence-electron chi connectivity index (χ0n) is 21.3. The highest BCUT2D eigenvalue weighted by atomic mass is 16.6. The predicted octanol–water partition coefficient (Wildman–Crippen LogP) is 5.54. The molecule has 192 valence electrons. The molecule has 1 fully saturated rings. The number of hydrogen-bond donors (Lipinski definition) is 1. The van der Waals surface area contributed by atoms with Crippen LogP contribution in [0.4, 0.5) is 4.79 Å². The first kappa shape index (κ1) is 24.8. The van der Waals surface area contributed by atoms with Crippen molar-refractivity contribution in [3.05, 3.63) is 107 Å². The van der Waals surface area contributed by atoms with Crippen LogP contribution in [-0.4, -0.2) is 44.8 Å². The van der Waals surface area contributed by atoms with E-state index in [4.69, 9.17) is 4.74 Å². The molecule has 1 aromatic heterocycles. The number of ether oxygens (including phenoxy) is 1. The van der Waals surface area contributed by atoms with E-state index in [-0.39, 0.29) is 24.1 Å². The monoisotopic (exact) mass is 498 g/mol. The number of rotatable bonds is 8. The molecule has 7 heteroatoms. The van der Waals surface area contributed by atoms with Crippen molar-refractivity contribution in [1.29, 1.82) is 0 Å². The van der Waals surface area contributed by atoms with Crippen LogP contribution in [0.25, 0.3) is 11.0 Å². The Hall–Kier alpha value is -3.84. The number of imidazole rings is 1. The highest BCUT2D eigenvalue weighted by Gasteiger charge is 2.29. The van der Waals surface area contributed by atoms with E-state index in [1.807, 2.05) is 65.2 Å². The van der Waals surface area contributed by atoms with Crippen molar-refractivity contribution >= 4 is 17.1 Å². The van der Waals surface area contributed by atoms with Gasteiger partial charge in [0.1, 0.15) is 0 Å². The van der Waals surface area contributed by atoms with Gasteiger partial charge in [0.05, 0.1) is 11.0 Å². The molecule has 3 aromatic carbocycles. The van der Waals surface area contributed by atoms with E-state index in [1.165, 1.54) is 11.1 Å². The van der Waals surface area contributed by atoms with Crippen LogP contribution in [0.15, 0.2) is 89.7 Å². The summed E-state index contributed by atoms with van der Waals surface area (Å²) in [6, 6.07) is 28.4. The van der Waals surface area contributed by atoms with Gasteiger partial charge in [-0.15, -0.1) is 0 Å². The average Bonchev–Trinajstić information content (AvgIpc) is 3.28. The van der Waals surface area contributed by atoms with Crippen molar-refractivity contribution < 1.29 is 9.53 Å². The smallest absolute Gasteiger partial charge is 0.411 e. The Labute approximate surface area is 217 Å². The van der Waals surface area contributed by atoms with Crippen molar-refractivity contribution in [2.75, 3.05) is 13.1 Å². The van der Waals surface area contributed by atoms with Crippen LogP contribution >= 0.6 is 0 Å². The van der Waals surface area contributed by atoms with E-state index in [0.717, 1.165) is 11.0 Å². The third kappa shape index (κ3) is 5.78. The number of carbonyl (C=O) groups excluding carboxylic acids is 1. The second-order valence-electron chi connectivity index (χ2n) is 9.66. The molecule has 0 saturated carbocycles. The fraction of sp³-hybridized carbons (Fsp3) is 0.333. The molecule has 1 saturated heterocycles. The van der Waals surface area contributed by atoms with Crippen LogP contribution in [-0.2, 0) is 17.8 Å². The average molecular weight is 499 g/mol. The SMILES string of the molecule is CCC(OC(=O)N1CCC(n2c(=O)[nH]c3ccccc32)CC1)N(Cc1ccccc1)Cc1ccccc1. The van der Waals surface area contributed by atoms with Gasteiger partial charge in [0.15, 0.2) is 6.23 Å². The number of nitrogens with one attached hydrogen (secondary N) is 1. The lowest BCUT2D eigenvalue weighted by molar-refractivity contribution is -0.0418. The third-order valence-electron chi connectivity index (χ3n) is 7.16. The molecule has 0 bridgehead atoms. The number of hydrogen-bond acceptors (Lipinski definition) is 4. The van der Waals surface area contributed by atoms with Gasteiger partial charge in [0, 0.05) is 32.2 Å². The van der Waals surface area contributed by atoms with E-state index in [2.05, 4.69) is 41.1 Å². The second kappa shape index (κ2) is 11.5. The van der Waals surface area contributed by atoms with Crippen molar-refractivity contribution in [3.8, 4) is 0 Å². The lowest BCUT2D eigenvalue weighted by Crippen LogP contribution is -2.45. The largest absolute Gasteiger partial charge is 0.430 e. The lowest BCUT2D eigenvalue weighted by atomic mass is 10.0. The summed E-state index contributed by atoms with van der Waals surface area (Å²) in [7, 11) is 0. The minimum atomic E-state index is -0.345. The van der Waals surface area contributed by atoms with Gasteiger partial charge in [-0.2, -0.15) is 0 Å². The highest BCUT2D eigenvalue weighted by Crippen LogP contribution is 2.26. The summed E-state index contributed by atoms with van der Waals surface area (Å²) in [6.45, 7) is 4.54. The Balaban J connectivity index is 1.25. The topological polar surface area (TPSA) is 70.6 Å². The van der Waals surface area contributed by atoms with Crippen LogP contribution in [0, 0.1) is 0 Å². The minimum absolute atomic E-state index is 0.0577. The van der Waals surface area contributed by atoms with Gasteiger partial charge < -0.3 is 14.6 Å². The lowest BCUT2D eigenvalue weighted by Gasteiger charge is -2.35. The fourth-order valence-corrected chi connectivity index (χ4v) is 5.25. The van der Waals surface area contributed by atoms with E-state index >= 15 is 0 Å². The summed E-state index contributed by atoms with van der Waals surface area (Å²) in [6.07, 6.45) is 1.48. The second-order valence-corrected chi connectivity index (χ2v) is 9.66. The number of aromatic amines is 1. The molecule has 4 aromatic rings. The molecule has 1 aliphatic heterocycles. The van der Waals surface area contributed by atoms with Crippen LogP contribution in [0.2, 0.25) is 0 Å². The summed E-state index contributed by atoms with van der Waals surface area (Å²) < 4.78 is 7.95. The van der Waals surface area contributed by atoms with E-state index in [9.17, 15) is 9.59 Å². The van der Waals surface area contributed by atoms with Crippen molar-refractivity contribution in [3.63, 3.8) is 0 Å². The molecule has 1 N–H and O–H groups in total. The minimum Gasteiger partial charge on any atom is -0.430 e. The summed E-state index contributed by atoms with van der Waals surface area (Å²) >= 11 is 0. The van der Waals surface area contributed by atoms with E-state index in [1.54, 1.807) is 4.90 Å². The van der Waals surface area contributed by atoms with Crippen LogP contribution in [0.1, 0.15) is 43.4 Å². The number of carbonyl (C=O) groups is 1. The molecular weight excluding hydrogens is 464 g/mol. The number of fused-ring (bicyclic) bond motifs is 1. The first-order valence-corrected chi connectivity index (χ1v) is 13.1. The highest BCUT2D eigenvalue weighted by molar-refractivity contribution is 5.75. The number of aromatic nitrogens is 2. The van der Waals surface area contributed by atoms with E-state index in [0.29, 0.717) is 45.4 Å². The van der Waals surface area contributed by atoms with Gasteiger partial charge in [-0.25, -0.2) is 9.59 Å². The van der Waals surface area contributed by atoms with E-state index < -0.39 is 0 Å². The number of para-hydroxylation sites is 2. The summed E-state index contributed by atoms with van der Waals surface area (Å²) in [5.41, 5.74) is 4.02. The van der Waals surface area contributed by atoms with Gasteiger partial charge in [-0.1, -0.05) is 79.7 Å². The van der Waals surface area contributed by atoms with Crippen molar-refractivity contribution in [1.82, 2.24) is 19.4 Å². The molecule has 2 heterocycles. The molecule has 1 atom stereocenters. The normalized spacial score (nSPS) is 15.2. The maximum Gasteiger partial charge on any atom is 0.411 e. The van der Waals surface area contributed by atoms with Gasteiger partial charge in [-0.05, 0) is 42.5 Å². The van der Waals surface area contributed by atoms with Gasteiger partial charge in [0.2, 0.25) is 0 Å². The molecule has 0 radical (unpaired) electrons. The van der Waals surface area contributed by atoms with Gasteiger partial charge in [0.25, 0.3) is 0 Å². The van der Waals surface area contributed by atoms with Crippen molar-refractivity contribution in [2.45, 2.75) is 51.5 Å². The molecule has 7 nitrogen and oxygen atoms in total. The molecule has 0 aliphatic carbocycles. The maximum absolute atomic E-state index is 13.3. The van der Waals surface area contributed by atoms with Gasteiger partial charge >= 0.3 is 11.8 Å². The predicted molar refractivity (Wildman–Crippen MR) is 145 cm³/mol. The molecule has 5 rings (SSSR count). The first-order valence-electron chi connectivity index (χ1n) is 13.1. The molecule has 1 amide bonds. The number of nitrogens with zero attached hydrogens (tertiary/aromatic N) is 3. The Morgan fingerprint density at radius 2 is 1.49 bits per heavy atom. The Bertz CT molecular complexity index is 1320. The quantitative estimate of drug-likeness (QED) is 0.324. The summed E-state index contributed by atoms with van der Waals surface area (Å²) in [4.78, 5) is 32.8. The Morgan fingerprint density at radius 3 is 2.08 bits per heavy atom. The summed E-state index contributed by atoms with van der Waals surface area (Å²) in [5, 5.41) is 0. The fourth-order valence-electron chi connectivity index (χ4n) is 5.25. The van der Waals surface area contributed by atoms with Crippen LogP contribution < -0.4 is 5.69 Å². The third-order valence-corrected chi connectivity index (χ3v) is 7.16. The number of likely N-dealkylation sites (tertiary alicyclic amines) is 1. The maximum atomic E-state index is 13.3. The molecular formula is C30H34N4O3. The number of H-pyrrole nitrogens is 1. The van der Waals surface area contributed by atoms with Crippen LogP contribution in [0.3, 0.4) is 0 Å². The number of piperidine rings is 1. The molecule has 37 heavy (non-hydrogen) atoms. The number of amides is 1. The summed E-state index contributed by atoms with van der Waals surface area (Å²) in [5.74, 6) is 0. The molecule has 1 aliphatic rings. The Morgan fingerprint density at radius 1 is 0.919 bits per heavy atom.